The first-order valence-electron chi connectivity index (χ1n) is 12.7. The number of carbonyl (C=O) groups is 1. The second kappa shape index (κ2) is 10.1. The van der Waals surface area contributed by atoms with Gasteiger partial charge in [0.05, 0.1) is 38.1 Å². The molecule has 186 valence electrons. The van der Waals surface area contributed by atoms with Gasteiger partial charge in [-0.2, -0.15) is 5.10 Å². The average molecular weight is 478 g/mol. The standard InChI is InChI=1S/C28H35N3O4/c1-4-33-24-9-7-22(8-10-24)26-18-25(23-6-5-20(2)21(3)17-23)29-31(26)27(32)19-30-13-11-28(12-14-30)34-15-16-35-28/h5-10,17,26H,4,11-16,18-19H2,1-3H3/t26-/m0/s1. The number of hydrogen-bond acceptors (Lipinski definition) is 6. The largest absolute Gasteiger partial charge is 0.494 e. The van der Waals surface area contributed by atoms with E-state index in [1.165, 1.54) is 11.1 Å². The van der Waals surface area contributed by atoms with E-state index in [0.29, 0.717) is 32.8 Å². The molecule has 3 aliphatic rings. The fourth-order valence-electron chi connectivity index (χ4n) is 5.15. The summed E-state index contributed by atoms with van der Waals surface area (Å²) in [6.07, 6.45) is 2.27. The maximum absolute atomic E-state index is 13.6. The number of nitrogens with zero attached hydrogens (tertiary/aromatic N) is 3. The van der Waals surface area contributed by atoms with Crippen LogP contribution >= 0.6 is 0 Å². The second-order valence-electron chi connectivity index (χ2n) is 9.69. The van der Waals surface area contributed by atoms with E-state index >= 15 is 0 Å². The predicted molar refractivity (Wildman–Crippen MR) is 135 cm³/mol. The minimum Gasteiger partial charge on any atom is -0.494 e. The van der Waals surface area contributed by atoms with Crippen LogP contribution in [0.3, 0.4) is 0 Å². The summed E-state index contributed by atoms with van der Waals surface area (Å²) in [5, 5.41) is 6.58. The summed E-state index contributed by atoms with van der Waals surface area (Å²) in [7, 11) is 0. The number of carbonyl (C=O) groups excluding carboxylic acids is 1. The van der Waals surface area contributed by atoms with Crippen LogP contribution in [0.5, 0.6) is 5.75 Å². The Hall–Kier alpha value is -2.74. The number of benzene rings is 2. The van der Waals surface area contributed by atoms with Gasteiger partial charge >= 0.3 is 0 Å². The normalized spacial score (nSPS) is 22.0. The molecular weight excluding hydrogens is 442 g/mol. The van der Waals surface area contributed by atoms with Crippen LogP contribution in [0.1, 0.15) is 54.5 Å². The van der Waals surface area contributed by atoms with Crippen molar-refractivity contribution in [2.75, 3.05) is 39.5 Å². The third-order valence-corrected chi connectivity index (χ3v) is 7.37. The molecule has 0 unspecified atom stereocenters. The van der Waals surface area contributed by atoms with Gasteiger partial charge in [0.1, 0.15) is 5.75 Å². The Bertz CT molecular complexity index is 1080. The molecule has 1 spiro atoms. The van der Waals surface area contributed by atoms with Gasteiger partial charge in [-0.3, -0.25) is 9.69 Å². The number of hydrogen-bond donors (Lipinski definition) is 0. The van der Waals surface area contributed by atoms with E-state index in [1.807, 2.05) is 31.2 Å². The molecule has 2 saturated heterocycles. The fraction of sp³-hybridized carbons (Fsp3) is 0.500. The average Bonchev–Trinajstić information content (AvgIpc) is 3.51. The molecule has 0 aliphatic carbocycles. The molecule has 7 nitrogen and oxygen atoms in total. The third kappa shape index (κ3) is 5.13. The van der Waals surface area contributed by atoms with Crippen LogP contribution in [0.4, 0.5) is 0 Å². The molecule has 3 aliphatic heterocycles. The maximum atomic E-state index is 13.6. The number of likely N-dealkylation sites (tertiary alicyclic amines) is 1. The first-order chi connectivity index (χ1) is 17.0. The van der Waals surface area contributed by atoms with E-state index in [9.17, 15) is 4.79 Å². The Labute approximate surface area is 207 Å². The van der Waals surface area contributed by atoms with Gasteiger partial charge in [0.15, 0.2) is 5.79 Å². The molecule has 0 N–H and O–H groups in total. The van der Waals surface area contributed by atoms with Gasteiger partial charge < -0.3 is 14.2 Å². The Morgan fingerprint density at radius 1 is 1.06 bits per heavy atom. The summed E-state index contributed by atoms with van der Waals surface area (Å²) in [4.78, 5) is 15.8. The Morgan fingerprint density at radius 2 is 1.77 bits per heavy atom. The Morgan fingerprint density at radius 3 is 2.43 bits per heavy atom. The zero-order valence-electron chi connectivity index (χ0n) is 21.0. The summed E-state index contributed by atoms with van der Waals surface area (Å²) in [6.45, 7) is 10.0. The number of aryl methyl sites for hydroxylation is 2. The van der Waals surface area contributed by atoms with E-state index in [0.717, 1.165) is 48.5 Å². The lowest BCUT2D eigenvalue weighted by molar-refractivity contribution is -0.186. The molecule has 35 heavy (non-hydrogen) atoms. The molecule has 7 heteroatoms. The Kier molecular flexibility index (Phi) is 6.91. The molecular formula is C28H35N3O4. The van der Waals surface area contributed by atoms with Crippen molar-refractivity contribution in [3.05, 3.63) is 64.7 Å². The minimum atomic E-state index is -0.438. The van der Waals surface area contributed by atoms with Gasteiger partial charge in [-0.15, -0.1) is 0 Å². The van der Waals surface area contributed by atoms with Crippen LogP contribution < -0.4 is 4.74 Å². The van der Waals surface area contributed by atoms with Gasteiger partial charge in [-0.05, 0) is 61.2 Å². The van der Waals surface area contributed by atoms with Gasteiger partial charge in [-0.25, -0.2) is 5.01 Å². The molecule has 0 radical (unpaired) electrons. The minimum absolute atomic E-state index is 0.0203. The van der Waals surface area contributed by atoms with E-state index in [2.05, 4.69) is 36.9 Å². The fourth-order valence-corrected chi connectivity index (χ4v) is 5.15. The van der Waals surface area contributed by atoms with Crippen LogP contribution in [0.15, 0.2) is 47.6 Å². The SMILES string of the molecule is CCOc1ccc([C@@H]2CC(c3ccc(C)c(C)c3)=NN2C(=O)CN2CCC3(CC2)OCCO3)cc1. The summed E-state index contributed by atoms with van der Waals surface area (Å²) in [5.41, 5.74) is 5.57. The van der Waals surface area contributed by atoms with E-state index in [-0.39, 0.29) is 11.9 Å². The molecule has 2 aromatic rings. The van der Waals surface area contributed by atoms with Crippen LogP contribution in [0.2, 0.25) is 0 Å². The highest BCUT2D eigenvalue weighted by Crippen LogP contribution is 2.35. The van der Waals surface area contributed by atoms with Crippen molar-refractivity contribution >= 4 is 11.6 Å². The number of rotatable bonds is 6. The van der Waals surface area contributed by atoms with Crippen molar-refractivity contribution in [3.63, 3.8) is 0 Å². The summed E-state index contributed by atoms with van der Waals surface area (Å²) < 4.78 is 17.3. The van der Waals surface area contributed by atoms with Crippen LogP contribution in [0.25, 0.3) is 0 Å². The number of hydrazone groups is 1. The van der Waals surface area contributed by atoms with Crippen molar-refractivity contribution in [2.24, 2.45) is 5.10 Å². The van der Waals surface area contributed by atoms with Gasteiger partial charge in [-0.1, -0.05) is 24.3 Å². The van der Waals surface area contributed by atoms with Crippen molar-refractivity contribution in [1.29, 1.82) is 0 Å². The molecule has 2 aromatic carbocycles. The quantitative estimate of drug-likeness (QED) is 0.624. The highest BCUT2D eigenvalue weighted by molar-refractivity contribution is 6.03. The van der Waals surface area contributed by atoms with E-state index in [1.54, 1.807) is 5.01 Å². The molecule has 3 heterocycles. The highest BCUT2D eigenvalue weighted by atomic mass is 16.7. The number of ether oxygens (including phenoxy) is 3. The highest BCUT2D eigenvalue weighted by Gasteiger charge is 2.41. The molecule has 5 rings (SSSR count). The van der Waals surface area contributed by atoms with Gasteiger partial charge in [0, 0.05) is 32.4 Å². The first-order valence-corrected chi connectivity index (χ1v) is 12.7. The van der Waals surface area contributed by atoms with Crippen molar-refractivity contribution in [1.82, 2.24) is 9.91 Å². The number of piperidine rings is 1. The zero-order chi connectivity index (χ0) is 24.4. The van der Waals surface area contributed by atoms with Crippen molar-refractivity contribution < 1.29 is 19.0 Å². The van der Waals surface area contributed by atoms with Gasteiger partial charge in [0.25, 0.3) is 5.91 Å². The lowest BCUT2D eigenvalue weighted by atomic mass is 9.96. The van der Waals surface area contributed by atoms with Crippen LogP contribution in [0, 0.1) is 13.8 Å². The Balaban J connectivity index is 1.35. The molecule has 0 bridgehead atoms. The first kappa shape index (κ1) is 24.0. The molecule has 1 amide bonds. The lowest BCUT2D eigenvalue weighted by Gasteiger charge is -2.37. The van der Waals surface area contributed by atoms with Crippen molar-refractivity contribution in [3.8, 4) is 5.75 Å². The maximum Gasteiger partial charge on any atom is 0.257 e. The van der Waals surface area contributed by atoms with E-state index < -0.39 is 5.79 Å². The summed E-state index contributed by atoms with van der Waals surface area (Å²) in [6, 6.07) is 14.3. The monoisotopic (exact) mass is 477 g/mol. The van der Waals surface area contributed by atoms with Gasteiger partial charge in [0.2, 0.25) is 0 Å². The zero-order valence-corrected chi connectivity index (χ0v) is 21.0. The smallest absolute Gasteiger partial charge is 0.257 e. The predicted octanol–water partition coefficient (Wildman–Crippen LogP) is 4.22. The molecule has 0 saturated carbocycles. The molecule has 2 fully saturated rings. The third-order valence-electron chi connectivity index (χ3n) is 7.37. The number of amides is 1. The second-order valence-corrected chi connectivity index (χ2v) is 9.69. The van der Waals surface area contributed by atoms with Crippen LogP contribution in [-0.4, -0.2) is 66.8 Å². The summed E-state index contributed by atoms with van der Waals surface area (Å²) in [5.74, 6) is 0.417. The molecule has 0 aromatic heterocycles. The van der Waals surface area contributed by atoms with E-state index in [4.69, 9.17) is 19.3 Å². The summed E-state index contributed by atoms with van der Waals surface area (Å²) >= 11 is 0. The van der Waals surface area contributed by atoms with Crippen LogP contribution in [-0.2, 0) is 14.3 Å². The topological polar surface area (TPSA) is 63.6 Å². The molecule has 1 atom stereocenters. The van der Waals surface area contributed by atoms with Crippen molar-refractivity contribution in [2.45, 2.75) is 51.9 Å². The lowest BCUT2D eigenvalue weighted by Crippen LogP contribution is -2.48.